The third kappa shape index (κ3) is 3.09. The second kappa shape index (κ2) is 6.80. The Bertz CT molecular complexity index is 1140. The molecule has 1 aliphatic rings. The number of aryl methyl sites for hydroxylation is 2. The second-order valence-corrected chi connectivity index (χ2v) is 6.71. The van der Waals surface area contributed by atoms with Crippen molar-refractivity contribution in [2.45, 2.75) is 27.7 Å². The summed E-state index contributed by atoms with van der Waals surface area (Å²) in [6.45, 7) is 7.05. The normalized spacial score (nSPS) is 15.3. The van der Waals surface area contributed by atoms with Crippen LogP contribution >= 0.6 is 0 Å². The molecule has 0 fully saturated rings. The van der Waals surface area contributed by atoms with Crippen LogP contribution in [0.2, 0.25) is 0 Å². The summed E-state index contributed by atoms with van der Waals surface area (Å²) in [4.78, 5) is 39.0. The summed E-state index contributed by atoms with van der Waals surface area (Å²) in [6, 6.07) is 5.55. The van der Waals surface area contributed by atoms with E-state index in [9.17, 15) is 19.5 Å². The number of aromatic amines is 1. The maximum atomic E-state index is 12.9. The van der Waals surface area contributed by atoms with Crippen molar-refractivity contribution >= 4 is 29.3 Å². The van der Waals surface area contributed by atoms with Crippen LogP contribution in [0.3, 0.4) is 0 Å². The minimum Gasteiger partial charge on any atom is -0.494 e. The van der Waals surface area contributed by atoms with Crippen molar-refractivity contribution in [3.05, 3.63) is 61.9 Å². The van der Waals surface area contributed by atoms with Crippen LogP contribution in [0.5, 0.6) is 5.88 Å². The first kappa shape index (κ1) is 19.1. The van der Waals surface area contributed by atoms with Crippen LogP contribution in [0, 0.1) is 20.8 Å². The molecule has 0 spiro atoms. The number of anilines is 1. The predicted octanol–water partition coefficient (Wildman–Crippen LogP) is 1.91. The van der Waals surface area contributed by atoms with Gasteiger partial charge < -0.3 is 10.8 Å². The number of nitrogens with two attached hydrogens (primary N) is 1. The molecule has 28 heavy (non-hydrogen) atoms. The zero-order chi connectivity index (χ0) is 20.7. The SMILES string of the molecule is CC1=NN(c2ccc(C)c(C)c2)C(=O)C1=Cc1c(C)c(C(N)=O)c(O)[nH]c1=O. The molecule has 0 atom stereocenters. The number of pyridine rings is 1. The fraction of sp³-hybridized carbons (Fsp3) is 0.200. The van der Waals surface area contributed by atoms with Gasteiger partial charge in [0.1, 0.15) is 5.56 Å². The van der Waals surface area contributed by atoms with E-state index in [4.69, 9.17) is 5.73 Å². The number of amides is 2. The highest BCUT2D eigenvalue weighted by Crippen LogP contribution is 2.27. The summed E-state index contributed by atoms with van der Waals surface area (Å²) in [7, 11) is 0. The van der Waals surface area contributed by atoms with Gasteiger partial charge in [-0.25, -0.2) is 0 Å². The quantitative estimate of drug-likeness (QED) is 0.702. The Labute approximate surface area is 161 Å². The molecule has 0 saturated carbocycles. The Morgan fingerprint density at radius 1 is 1.18 bits per heavy atom. The largest absolute Gasteiger partial charge is 0.494 e. The second-order valence-electron chi connectivity index (χ2n) is 6.71. The standard InChI is InChI=1S/C20H20N4O4/c1-9-5-6-13(7-10(9)2)24-20(28)15(12(4)23-24)8-14-11(3)16(17(21)25)19(27)22-18(14)26/h5-8H,1-4H3,(H2,21,25)(H2,22,26,27). The van der Waals surface area contributed by atoms with Crippen molar-refractivity contribution < 1.29 is 14.7 Å². The van der Waals surface area contributed by atoms with Crippen LogP contribution in [0.4, 0.5) is 5.69 Å². The number of nitrogens with one attached hydrogen (secondary N) is 1. The van der Waals surface area contributed by atoms with Crippen LogP contribution in [0.25, 0.3) is 6.08 Å². The average Bonchev–Trinajstić information content (AvgIpc) is 2.88. The highest BCUT2D eigenvalue weighted by atomic mass is 16.3. The van der Waals surface area contributed by atoms with Crippen molar-refractivity contribution in [3.63, 3.8) is 0 Å². The summed E-state index contributed by atoms with van der Waals surface area (Å²) in [5.41, 5.74) is 8.06. The number of carbonyl (C=O) groups is 2. The maximum absolute atomic E-state index is 12.9. The molecule has 0 unspecified atom stereocenters. The van der Waals surface area contributed by atoms with E-state index in [2.05, 4.69) is 10.1 Å². The first-order valence-corrected chi connectivity index (χ1v) is 8.56. The lowest BCUT2D eigenvalue weighted by atomic mass is 10.0. The summed E-state index contributed by atoms with van der Waals surface area (Å²) in [5.74, 6) is -1.88. The first-order chi connectivity index (χ1) is 13.1. The number of nitrogens with zero attached hydrogens (tertiary/aromatic N) is 2. The molecule has 2 aromatic rings. The average molecular weight is 380 g/mol. The van der Waals surface area contributed by atoms with Gasteiger partial charge in [-0.3, -0.25) is 19.4 Å². The van der Waals surface area contributed by atoms with Crippen molar-refractivity contribution in [2.75, 3.05) is 5.01 Å². The minimum atomic E-state index is -0.884. The van der Waals surface area contributed by atoms with Crippen LogP contribution in [0.1, 0.15) is 39.5 Å². The van der Waals surface area contributed by atoms with E-state index >= 15 is 0 Å². The number of aromatic nitrogens is 1. The summed E-state index contributed by atoms with van der Waals surface area (Å²) in [6.07, 6.45) is 1.36. The van der Waals surface area contributed by atoms with Crippen molar-refractivity contribution in [1.82, 2.24) is 4.98 Å². The third-order valence-corrected chi connectivity index (χ3v) is 4.83. The van der Waals surface area contributed by atoms with E-state index in [0.717, 1.165) is 11.1 Å². The summed E-state index contributed by atoms with van der Waals surface area (Å²) in [5, 5.41) is 15.4. The molecular weight excluding hydrogens is 360 g/mol. The van der Waals surface area contributed by atoms with Crippen LogP contribution < -0.4 is 16.3 Å². The van der Waals surface area contributed by atoms with Gasteiger partial charge in [-0.2, -0.15) is 10.1 Å². The highest BCUT2D eigenvalue weighted by molar-refractivity contribution is 6.32. The molecule has 2 amide bonds. The summed E-state index contributed by atoms with van der Waals surface area (Å²) >= 11 is 0. The van der Waals surface area contributed by atoms with Gasteiger partial charge in [-0.1, -0.05) is 6.07 Å². The lowest BCUT2D eigenvalue weighted by Gasteiger charge is -2.13. The van der Waals surface area contributed by atoms with Crippen molar-refractivity contribution in [3.8, 4) is 5.88 Å². The molecule has 1 aliphatic heterocycles. The van der Waals surface area contributed by atoms with Gasteiger partial charge >= 0.3 is 0 Å². The Hall–Kier alpha value is -3.68. The molecular formula is C20H20N4O4. The Kier molecular flexibility index (Phi) is 4.64. The number of aromatic hydroxyl groups is 1. The lowest BCUT2D eigenvalue weighted by molar-refractivity contribution is -0.114. The number of hydrazone groups is 1. The number of H-pyrrole nitrogens is 1. The fourth-order valence-electron chi connectivity index (χ4n) is 3.06. The van der Waals surface area contributed by atoms with Crippen LogP contribution in [0.15, 0.2) is 33.7 Å². The zero-order valence-corrected chi connectivity index (χ0v) is 16.0. The molecule has 4 N–H and O–H groups in total. The van der Waals surface area contributed by atoms with Gasteiger partial charge in [-0.15, -0.1) is 0 Å². The molecule has 144 valence electrons. The van der Waals surface area contributed by atoms with Crippen molar-refractivity contribution in [1.29, 1.82) is 0 Å². The van der Waals surface area contributed by atoms with Crippen molar-refractivity contribution in [2.24, 2.45) is 10.8 Å². The molecule has 1 aromatic carbocycles. The van der Waals surface area contributed by atoms with E-state index in [0.29, 0.717) is 11.4 Å². The Balaban J connectivity index is 2.10. The number of rotatable bonds is 3. The van der Waals surface area contributed by atoms with Gasteiger partial charge in [-0.05, 0) is 62.6 Å². The van der Waals surface area contributed by atoms with Crippen LogP contribution in [-0.2, 0) is 4.79 Å². The Morgan fingerprint density at radius 3 is 2.46 bits per heavy atom. The molecule has 8 heteroatoms. The van der Waals surface area contributed by atoms with E-state index < -0.39 is 23.3 Å². The topological polar surface area (TPSA) is 129 Å². The first-order valence-electron chi connectivity index (χ1n) is 8.56. The van der Waals surface area contributed by atoms with Gasteiger partial charge in [0.15, 0.2) is 0 Å². The number of benzene rings is 1. The summed E-state index contributed by atoms with van der Waals surface area (Å²) < 4.78 is 0. The lowest BCUT2D eigenvalue weighted by Crippen LogP contribution is -2.23. The molecule has 8 nitrogen and oxygen atoms in total. The molecule has 0 saturated heterocycles. The predicted molar refractivity (Wildman–Crippen MR) is 106 cm³/mol. The van der Waals surface area contributed by atoms with Gasteiger partial charge in [0.2, 0.25) is 5.88 Å². The smallest absolute Gasteiger partial charge is 0.280 e. The Morgan fingerprint density at radius 2 is 1.86 bits per heavy atom. The number of hydrogen-bond acceptors (Lipinski definition) is 5. The van der Waals surface area contributed by atoms with Gasteiger partial charge in [0.05, 0.1) is 17.0 Å². The molecule has 1 aromatic heterocycles. The maximum Gasteiger partial charge on any atom is 0.280 e. The minimum absolute atomic E-state index is 0.0615. The van der Waals surface area contributed by atoms with Gasteiger partial charge in [0.25, 0.3) is 17.4 Å². The fourth-order valence-corrected chi connectivity index (χ4v) is 3.06. The number of hydrogen-bond donors (Lipinski definition) is 3. The molecule has 2 heterocycles. The number of carbonyl (C=O) groups excluding carboxylic acids is 2. The monoisotopic (exact) mass is 380 g/mol. The third-order valence-electron chi connectivity index (χ3n) is 4.83. The molecule has 0 radical (unpaired) electrons. The van der Waals surface area contributed by atoms with E-state index in [1.54, 1.807) is 13.0 Å². The molecule has 3 rings (SSSR count). The van der Waals surface area contributed by atoms with Gasteiger partial charge in [0, 0.05) is 5.56 Å². The highest BCUT2D eigenvalue weighted by Gasteiger charge is 2.30. The van der Waals surface area contributed by atoms with E-state index in [-0.39, 0.29) is 22.3 Å². The number of primary amides is 1. The van der Waals surface area contributed by atoms with Crippen LogP contribution in [-0.4, -0.2) is 27.6 Å². The molecule has 0 aliphatic carbocycles. The van der Waals surface area contributed by atoms with E-state index in [1.807, 2.05) is 26.0 Å². The molecule has 0 bridgehead atoms. The van der Waals surface area contributed by atoms with E-state index in [1.165, 1.54) is 18.0 Å². The zero-order valence-electron chi connectivity index (χ0n) is 16.0.